The van der Waals surface area contributed by atoms with Gasteiger partial charge in [0.05, 0.1) is 6.54 Å². The maximum atomic E-state index is 12.3. The second kappa shape index (κ2) is 7.49. The van der Waals surface area contributed by atoms with Crippen LogP contribution >= 0.6 is 11.3 Å². The van der Waals surface area contributed by atoms with E-state index in [0.29, 0.717) is 19.6 Å². The molecule has 0 fully saturated rings. The molecule has 1 aliphatic rings. The molecule has 0 aliphatic carbocycles. The molecule has 2 heterocycles. The number of amides is 3. The molecule has 3 rings (SSSR count). The molecular weight excluding hydrogens is 322 g/mol. The highest BCUT2D eigenvalue weighted by Crippen LogP contribution is 2.18. The zero-order chi connectivity index (χ0) is 16.9. The van der Waals surface area contributed by atoms with Crippen LogP contribution in [0.15, 0.2) is 41.1 Å². The maximum Gasteiger partial charge on any atom is 0.318 e. The van der Waals surface area contributed by atoms with Crippen molar-refractivity contribution in [2.75, 3.05) is 20.1 Å². The van der Waals surface area contributed by atoms with Gasteiger partial charge in [0.15, 0.2) is 0 Å². The fraction of sp³-hybridized carbons (Fsp3) is 0.333. The van der Waals surface area contributed by atoms with Crippen molar-refractivity contribution in [3.63, 3.8) is 0 Å². The summed E-state index contributed by atoms with van der Waals surface area (Å²) in [6.07, 6.45) is 0.857. The van der Waals surface area contributed by atoms with Crippen LogP contribution in [-0.2, 0) is 24.3 Å². The number of hydrogen-bond acceptors (Lipinski definition) is 3. The van der Waals surface area contributed by atoms with Gasteiger partial charge in [-0.2, -0.15) is 11.3 Å². The Hall–Kier alpha value is -2.34. The number of carbonyl (C=O) groups is 2. The Morgan fingerprint density at radius 3 is 2.79 bits per heavy atom. The second-order valence-electron chi connectivity index (χ2n) is 5.98. The van der Waals surface area contributed by atoms with Crippen LogP contribution in [0.3, 0.4) is 0 Å². The number of benzene rings is 1. The predicted molar refractivity (Wildman–Crippen MR) is 94.7 cm³/mol. The van der Waals surface area contributed by atoms with Gasteiger partial charge in [0.1, 0.15) is 0 Å². The molecule has 0 spiro atoms. The lowest BCUT2D eigenvalue weighted by Gasteiger charge is -2.29. The molecular formula is C18H21N3O2S. The van der Waals surface area contributed by atoms with Crippen LogP contribution < -0.4 is 5.32 Å². The zero-order valence-electron chi connectivity index (χ0n) is 13.7. The van der Waals surface area contributed by atoms with E-state index in [4.69, 9.17) is 0 Å². The molecule has 1 N–H and O–H groups in total. The number of urea groups is 1. The Bertz CT molecular complexity index is 715. The Balaban J connectivity index is 1.48. The number of fused-ring (bicyclic) bond motifs is 1. The number of rotatable bonds is 4. The molecule has 0 saturated heterocycles. The molecule has 0 saturated carbocycles. The van der Waals surface area contributed by atoms with Crippen molar-refractivity contribution in [2.24, 2.45) is 0 Å². The van der Waals surface area contributed by atoms with Gasteiger partial charge >= 0.3 is 6.03 Å². The lowest BCUT2D eigenvalue weighted by Crippen LogP contribution is -2.46. The van der Waals surface area contributed by atoms with Gasteiger partial charge in [-0.1, -0.05) is 24.3 Å². The molecule has 0 atom stereocenters. The summed E-state index contributed by atoms with van der Waals surface area (Å²) < 4.78 is 0. The molecule has 6 heteroatoms. The average Bonchev–Trinajstić information content (AvgIpc) is 3.11. The summed E-state index contributed by atoms with van der Waals surface area (Å²) in [5, 5.41) is 6.75. The third-order valence-corrected chi connectivity index (χ3v) is 4.97. The number of thiophene rings is 1. The predicted octanol–water partition coefficient (Wildman–Crippen LogP) is 2.47. The number of carbonyl (C=O) groups excluding carboxylic acids is 2. The van der Waals surface area contributed by atoms with Gasteiger partial charge < -0.3 is 15.1 Å². The van der Waals surface area contributed by atoms with Crippen LogP contribution in [0, 0.1) is 0 Å². The Morgan fingerprint density at radius 2 is 2.04 bits per heavy atom. The van der Waals surface area contributed by atoms with Crippen LogP contribution in [0.5, 0.6) is 0 Å². The molecule has 1 aliphatic heterocycles. The van der Waals surface area contributed by atoms with E-state index in [-0.39, 0.29) is 18.5 Å². The minimum atomic E-state index is -0.179. The number of nitrogens with one attached hydrogen (secondary N) is 1. The molecule has 0 unspecified atom stereocenters. The van der Waals surface area contributed by atoms with E-state index in [9.17, 15) is 9.59 Å². The second-order valence-corrected chi connectivity index (χ2v) is 6.76. The van der Waals surface area contributed by atoms with E-state index in [1.165, 1.54) is 11.1 Å². The average molecular weight is 343 g/mol. The lowest BCUT2D eigenvalue weighted by molar-refractivity contribution is -0.129. The van der Waals surface area contributed by atoms with E-state index in [2.05, 4.69) is 17.4 Å². The molecule has 2 aromatic rings. The smallest absolute Gasteiger partial charge is 0.318 e. The summed E-state index contributed by atoms with van der Waals surface area (Å²) in [6.45, 7) is 1.87. The zero-order valence-corrected chi connectivity index (χ0v) is 14.5. The summed E-state index contributed by atoms with van der Waals surface area (Å²) >= 11 is 1.61. The highest BCUT2D eigenvalue weighted by Gasteiger charge is 2.21. The molecule has 5 nitrogen and oxygen atoms in total. The monoisotopic (exact) mass is 343 g/mol. The highest BCUT2D eigenvalue weighted by molar-refractivity contribution is 7.07. The van der Waals surface area contributed by atoms with Crippen molar-refractivity contribution in [2.45, 2.75) is 19.5 Å². The SMILES string of the molecule is CN(Cc1ccsc1)C(=O)CNC(=O)N1CCc2ccccc2C1. The molecule has 1 aromatic heterocycles. The summed E-state index contributed by atoms with van der Waals surface area (Å²) in [5.74, 6) is -0.0908. The lowest BCUT2D eigenvalue weighted by atomic mass is 10.0. The van der Waals surface area contributed by atoms with Gasteiger partial charge in [0.2, 0.25) is 5.91 Å². The summed E-state index contributed by atoms with van der Waals surface area (Å²) in [4.78, 5) is 27.8. The first kappa shape index (κ1) is 16.5. The Labute approximate surface area is 145 Å². The van der Waals surface area contributed by atoms with Crippen LogP contribution in [0.25, 0.3) is 0 Å². The number of likely N-dealkylation sites (N-methyl/N-ethyl adjacent to an activating group) is 1. The third-order valence-electron chi connectivity index (χ3n) is 4.23. The van der Waals surface area contributed by atoms with Crippen molar-refractivity contribution < 1.29 is 9.59 Å². The summed E-state index contributed by atoms with van der Waals surface area (Å²) in [6, 6.07) is 9.99. The van der Waals surface area contributed by atoms with Crippen molar-refractivity contribution in [3.05, 3.63) is 57.8 Å². The van der Waals surface area contributed by atoms with Crippen molar-refractivity contribution in [1.29, 1.82) is 0 Å². The first-order valence-corrected chi connectivity index (χ1v) is 8.92. The van der Waals surface area contributed by atoms with E-state index >= 15 is 0 Å². The minimum Gasteiger partial charge on any atom is -0.340 e. The van der Waals surface area contributed by atoms with Gasteiger partial charge in [-0.05, 0) is 39.9 Å². The maximum absolute atomic E-state index is 12.3. The quantitative estimate of drug-likeness (QED) is 0.927. The normalized spacial score (nSPS) is 13.3. The van der Waals surface area contributed by atoms with Gasteiger partial charge in [0, 0.05) is 26.7 Å². The number of nitrogens with zero attached hydrogens (tertiary/aromatic N) is 2. The first-order valence-electron chi connectivity index (χ1n) is 7.98. The Kier molecular flexibility index (Phi) is 5.15. The number of hydrogen-bond donors (Lipinski definition) is 1. The fourth-order valence-electron chi connectivity index (χ4n) is 2.81. The Morgan fingerprint density at radius 1 is 1.25 bits per heavy atom. The van der Waals surface area contributed by atoms with Gasteiger partial charge in [-0.25, -0.2) is 4.79 Å². The molecule has 0 radical (unpaired) electrons. The van der Waals surface area contributed by atoms with Crippen molar-refractivity contribution in [1.82, 2.24) is 15.1 Å². The van der Waals surface area contributed by atoms with E-state index in [1.807, 2.05) is 29.0 Å². The third kappa shape index (κ3) is 3.94. The van der Waals surface area contributed by atoms with Gasteiger partial charge in [0.25, 0.3) is 0 Å². The van der Waals surface area contributed by atoms with Crippen LogP contribution in [0.4, 0.5) is 4.79 Å². The topological polar surface area (TPSA) is 52.7 Å². The summed E-state index contributed by atoms with van der Waals surface area (Å²) in [5.41, 5.74) is 3.59. The molecule has 24 heavy (non-hydrogen) atoms. The van der Waals surface area contributed by atoms with Crippen LogP contribution in [0.1, 0.15) is 16.7 Å². The summed E-state index contributed by atoms with van der Waals surface area (Å²) in [7, 11) is 1.75. The largest absolute Gasteiger partial charge is 0.340 e. The van der Waals surface area contributed by atoms with E-state index < -0.39 is 0 Å². The molecule has 1 aromatic carbocycles. The van der Waals surface area contributed by atoms with Gasteiger partial charge in [-0.3, -0.25) is 4.79 Å². The van der Waals surface area contributed by atoms with E-state index in [0.717, 1.165) is 12.0 Å². The standard InChI is InChI=1S/C18H21N3O2S/c1-20(11-14-7-9-24-13-14)17(22)10-19-18(23)21-8-6-15-4-2-3-5-16(15)12-21/h2-5,7,9,13H,6,8,10-12H2,1H3,(H,19,23). The molecule has 3 amide bonds. The van der Waals surface area contributed by atoms with E-state index in [1.54, 1.807) is 28.2 Å². The van der Waals surface area contributed by atoms with Crippen molar-refractivity contribution in [3.8, 4) is 0 Å². The highest BCUT2D eigenvalue weighted by atomic mass is 32.1. The molecule has 0 bridgehead atoms. The van der Waals surface area contributed by atoms with Gasteiger partial charge in [-0.15, -0.1) is 0 Å². The van der Waals surface area contributed by atoms with Crippen molar-refractivity contribution >= 4 is 23.3 Å². The first-order chi connectivity index (χ1) is 11.6. The molecule has 126 valence electrons. The minimum absolute atomic E-state index is 0.0254. The van der Waals surface area contributed by atoms with Crippen LogP contribution in [0.2, 0.25) is 0 Å². The fourth-order valence-corrected chi connectivity index (χ4v) is 3.47. The van der Waals surface area contributed by atoms with Crippen LogP contribution in [-0.4, -0.2) is 41.9 Å².